The summed E-state index contributed by atoms with van der Waals surface area (Å²) in [6.45, 7) is 4.09. The molecule has 1 amide bonds. The molecule has 0 saturated carbocycles. The summed E-state index contributed by atoms with van der Waals surface area (Å²) in [5, 5.41) is 9.89. The molecule has 5 nitrogen and oxygen atoms in total. The number of nitrogens with one attached hydrogen (secondary N) is 1. The number of nitrogens with zero attached hydrogens (tertiary/aromatic N) is 2. The summed E-state index contributed by atoms with van der Waals surface area (Å²) in [4.78, 5) is 13.5. The number of amides is 1. The molecule has 3 heterocycles. The van der Waals surface area contributed by atoms with Crippen molar-refractivity contribution < 1.29 is 9.53 Å². The first-order chi connectivity index (χ1) is 15.0. The molecule has 0 saturated heterocycles. The molecule has 1 N–H and O–H groups in total. The lowest BCUT2D eigenvalue weighted by Gasteiger charge is -2.44. The highest BCUT2D eigenvalue weighted by Crippen LogP contribution is 2.54. The highest BCUT2D eigenvalue weighted by Gasteiger charge is 2.60. The summed E-state index contributed by atoms with van der Waals surface area (Å²) in [6.07, 6.45) is 0.700. The minimum absolute atomic E-state index is 0.102. The Balaban J connectivity index is 1.58. The van der Waals surface area contributed by atoms with Crippen LogP contribution in [0.2, 0.25) is 0 Å². The van der Waals surface area contributed by atoms with Gasteiger partial charge in [-0.25, -0.2) is 5.01 Å². The van der Waals surface area contributed by atoms with Gasteiger partial charge in [0.1, 0.15) is 5.75 Å². The van der Waals surface area contributed by atoms with Crippen molar-refractivity contribution in [2.45, 2.75) is 32.0 Å². The molecule has 3 aromatic carbocycles. The van der Waals surface area contributed by atoms with Gasteiger partial charge in [-0.1, -0.05) is 57.4 Å². The second-order valence-electron chi connectivity index (χ2n) is 8.41. The summed E-state index contributed by atoms with van der Waals surface area (Å²) < 4.78 is 7.51. The third kappa shape index (κ3) is 2.61. The smallest absolute Gasteiger partial charge is 0.306 e. The zero-order valence-electron chi connectivity index (χ0n) is 17.1. The number of halogens is 1. The first kappa shape index (κ1) is 18.6. The molecule has 1 spiro atoms. The zero-order chi connectivity index (χ0) is 21.3. The maximum atomic E-state index is 13.5. The molecule has 0 bridgehead atoms. The van der Waals surface area contributed by atoms with Crippen molar-refractivity contribution in [1.82, 2.24) is 5.01 Å². The van der Waals surface area contributed by atoms with Crippen molar-refractivity contribution in [2.24, 2.45) is 5.10 Å². The van der Waals surface area contributed by atoms with Crippen molar-refractivity contribution in [2.75, 3.05) is 5.32 Å². The number of hydrazone groups is 1. The van der Waals surface area contributed by atoms with Crippen LogP contribution >= 0.6 is 15.9 Å². The summed E-state index contributed by atoms with van der Waals surface area (Å²) >= 11 is 3.59. The van der Waals surface area contributed by atoms with Crippen LogP contribution in [0.3, 0.4) is 0 Å². The Hall–Kier alpha value is -3.12. The van der Waals surface area contributed by atoms with Crippen molar-refractivity contribution in [3.8, 4) is 5.75 Å². The fraction of sp³-hybridized carbons (Fsp3) is 0.200. The first-order valence-electron chi connectivity index (χ1n) is 10.3. The van der Waals surface area contributed by atoms with E-state index in [1.165, 1.54) is 5.56 Å². The van der Waals surface area contributed by atoms with E-state index < -0.39 is 5.72 Å². The average molecular weight is 474 g/mol. The zero-order valence-corrected chi connectivity index (χ0v) is 18.7. The van der Waals surface area contributed by atoms with Crippen molar-refractivity contribution in [3.63, 3.8) is 0 Å². The lowest BCUT2D eigenvalue weighted by Crippen LogP contribution is -2.55. The standard InChI is InChI=1S/C25H20BrN3O2/c1-14-3-6-16(7-4-14)21-13-22-18-12-17(26)8-10-23(18)31-25(29(22)28-21)19-11-15(2)5-9-20(19)27-24(25)30/h3-12,22H,13H2,1-2H3,(H,27,30)/t22-,25+/m0/s1. The van der Waals surface area contributed by atoms with Crippen molar-refractivity contribution in [3.05, 3.63) is 93.0 Å². The largest absolute Gasteiger partial charge is 0.453 e. The second-order valence-corrected chi connectivity index (χ2v) is 9.32. The molecule has 0 aliphatic carbocycles. The molecule has 0 aromatic heterocycles. The molecule has 6 heteroatoms. The number of carbonyl (C=O) groups is 1. The van der Waals surface area contributed by atoms with Gasteiger partial charge in [0.15, 0.2) is 0 Å². The number of fused-ring (bicyclic) bond motifs is 6. The number of hydrogen-bond donors (Lipinski definition) is 1. The van der Waals surface area contributed by atoms with Gasteiger partial charge in [-0.05, 0) is 49.7 Å². The summed E-state index contributed by atoms with van der Waals surface area (Å²) in [5.74, 6) is 0.509. The van der Waals surface area contributed by atoms with E-state index in [0.717, 1.165) is 38.1 Å². The van der Waals surface area contributed by atoms with Crippen LogP contribution in [0.25, 0.3) is 0 Å². The molecule has 3 aliphatic heterocycles. The highest BCUT2D eigenvalue weighted by atomic mass is 79.9. The van der Waals surface area contributed by atoms with Gasteiger partial charge in [0, 0.05) is 16.5 Å². The Kier molecular flexibility index (Phi) is 3.87. The van der Waals surface area contributed by atoms with Crippen LogP contribution in [0.1, 0.15) is 40.3 Å². The molecule has 0 unspecified atom stereocenters. The average Bonchev–Trinajstić information content (AvgIpc) is 3.31. The number of hydrogen-bond acceptors (Lipinski definition) is 4. The van der Waals surface area contributed by atoms with Gasteiger partial charge in [0.2, 0.25) is 0 Å². The van der Waals surface area contributed by atoms with Gasteiger partial charge in [-0.15, -0.1) is 0 Å². The Labute approximate surface area is 188 Å². The van der Waals surface area contributed by atoms with E-state index >= 15 is 0 Å². The second kappa shape index (κ2) is 6.44. The number of ether oxygens (including phenoxy) is 1. The van der Waals surface area contributed by atoms with Crippen LogP contribution in [0, 0.1) is 13.8 Å². The van der Waals surface area contributed by atoms with Crippen LogP contribution in [0.4, 0.5) is 5.69 Å². The Morgan fingerprint density at radius 2 is 1.84 bits per heavy atom. The van der Waals surface area contributed by atoms with Crippen LogP contribution in [-0.4, -0.2) is 16.6 Å². The third-order valence-corrected chi connectivity index (χ3v) is 6.80. The number of benzene rings is 3. The molecule has 3 aliphatic rings. The molecular formula is C25H20BrN3O2. The Bertz CT molecular complexity index is 1280. The SMILES string of the molecule is Cc1ccc(C2=NN3[C@@H](C2)c2cc(Br)ccc2O[C@]32C(=O)Nc3ccc(C)cc32)cc1. The topological polar surface area (TPSA) is 53.9 Å². The number of anilines is 1. The molecule has 3 aromatic rings. The molecule has 31 heavy (non-hydrogen) atoms. The van der Waals surface area contributed by atoms with Gasteiger partial charge in [0.05, 0.1) is 23.0 Å². The highest BCUT2D eigenvalue weighted by molar-refractivity contribution is 9.10. The molecule has 0 radical (unpaired) electrons. The maximum Gasteiger partial charge on any atom is 0.306 e. The maximum absolute atomic E-state index is 13.5. The number of carbonyl (C=O) groups excluding carboxylic acids is 1. The van der Waals surface area contributed by atoms with E-state index in [9.17, 15) is 4.79 Å². The van der Waals surface area contributed by atoms with E-state index in [0.29, 0.717) is 12.2 Å². The predicted octanol–water partition coefficient (Wildman–Crippen LogP) is 5.41. The fourth-order valence-corrected chi connectivity index (χ4v) is 5.13. The summed E-state index contributed by atoms with van der Waals surface area (Å²) in [6, 6.07) is 20.2. The number of aryl methyl sites for hydroxylation is 2. The third-order valence-electron chi connectivity index (χ3n) is 6.30. The van der Waals surface area contributed by atoms with E-state index in [2.05, 4.69) is 58.5 Å². The minimum atomic E-state index is -1.32. The van der Waals surface area contributed by atoms with E-state index in [1.807, 2.05) is 42.3 Å². The monoisotopic (exact) mass is 473 g/mol. The summed E-state index contributed by atoms with van der Waals surface area (Å²) in [5.41, 5.74) is 5.58. The van der Waals surface area contributed by atoms with Gasteiger partial charge in [-0.3, -0.25) is 4.79 Å². The van der Waals surface area contributed by atoms with Crippen LogP contribution in [0.5, 0.6) is 5.75 Å². The van der Waals surface area contributed by atoms with Gasteiger partial charge >= 0.3 is 5.72 Å². The first-order valence-corrected chi connectivity index (χ1v) is 11.1. The summed E-state index contributed by atoms with van der Waals surface area (Å²) in [7, 11) is 0. The molecular weight excluding hydrogens is 454 g/mol. The molecule has 6 rings (SSSR count). The predicted molar refractivity (Wildman–Crippen MR) is 123 cm³/mol. The van der Waals surface area contributed by atoms with Crippen LogP contribution in [-0.2, 0) is 10.5 Å². The van der Waals surface area contributed by atoms with E-state index in [1.54, 1.807) is 0 Å². The van der Waals surface area contributed by atoms with Crippen LogP contribution in [0.15, 0.2) is 70.2 Å². The normalized spacial score (nSPS) is 23.1. The fourth-order valence-electron chi connectivity index (χ4n) is 4.75. The molecule has 2 atom stereocenters. The van der Waals surface area contributed by atoms with Crippen LogP contribution < -0.4 is 10.1 Å². The van der Waals surface area contributed by atoms with Crippen molar-refractivity contribution in [1.29, 1.82) is 0 Å². The van der Waals surface area contributed by atoms with Gasteiger partial charge < -0.3 is 10.1 Å². The van der Waals surface area contributed by atoms with Gasteiger partial charge in [0.25, 0.3) is 5.91 Å². The van der Waals surface area contributed by atoms with E-state index in [-0.39, 0.29) is 11.9 Å². The lowest BCUT2D eigenvalue weighted by molar-refractivity contribution is -0.161. The Morgan fingerprint density at radius 1 is 1.06 bits per heavy atom. The molecule has 0 fully saturated rings. The van der Waals surface area contributed by atoms with Crippen molar-refractivity contribution >= 4 is 33.2 Å². The quantitative estimate of drug-likeness (QED) is 0.513. The number of rotatable bonds is 1. The van der Waals surface area contributed by atoms with E-state index in [4.69, 9.17) is 9.84 Å². The van der Waals surface area contributed by atoms with Gasteiger partial charge in [-0.2, -0.15) is 5.10 Å². The molecule has 154 valence electrons. The minimum Gasteiger partial charge on any atom is -0.453 e. The Morgan fingerprint density at radius 3 is 2.65 bits per heavy atom. The lowest BCUT2D eigenvalue weighted by atomic mass is 9.92.